The van der Waals surface area contributed by atoms with Crippen molar-refractivity contribution in [3.63, 3.8) is 0 Å². The zero-order valence-electron chi connectivity index (χ0n) is 9.92. The third kappa shape index (κ3) is 2.05. The molecular formula is C13H17FN2O. The van der Waals surface area contributed by atoms with Crippen LogP contribution in [-0.4, -0.2) is 12.5 Å². The number of hydrogen-bond donors (Lipinski definition) is 2. The van der Waals surface area contributed by atoms with Gasteiger partial charge in [-0.05, 0) is 31.4 Å². The Balaban J connectivity index is 2.16. The smallest absolute Gasteiger partial charge is 0.231 e. The normalized spacial score (nSPS) is 17.4. The molecule has 1 aliphatic rings. The number of nitrogens with two attached hydrogens (primary N) is 1. The lowest BCUT2D eigenvalue weighted by Crippen LogP contribution is -2.47. The predicted octanol–water partition coefficient (Wildman–Crippen LogP) is 2.20. The van der Waals surface area contributed by atoms with Crippen LogP contribution in [-0.2, 0) is 4.79 Å². The second-order valence-electron chi connectivity index (χ2n) is 4.73. The molecule has 0 heterocycles. The maximum atomic E-state index is 13.7. The molecule has 1 saturated carbocycles. The number of nitrogens with one attached hydrogen (secondary N) is 1. The monoisotopic (exact) mass is 236 g/mol. The first kappa shape index (κ1) is 12.0. The van der Waals surface area contributed by atoms with Gasteiger partial charge in [-0.3, -0.25) is 4.79 Å². The van der Waals surface area contributed by atoms with Crippen LogP contribution in [0.4, 0.5) is 10.1 Å². The minimum Gasteiger partial charge on any atom is -0.329 e. The van der Waals surface area contributed by atoms with E-state index in [1.165, 1.54) is 0 Å². The van der Waals surface area contributed by atoms with Crippen molar-refractivity contribution in [3.8, 4) is 0 Å². The lowest BCUT2D eigenvalue weighted by Gasteiger charge is -2.39. The average Bonchev–Trinajstić information content (AvgIpc) is 2.24. The molecule has 0 unspecified atom stereocenters. The molecular weight excluding hydrogens is 219 g/mol. The van der Waals surface area contributed by atoms with Gasteiger partial charge in [-0.1, -0.05) is 18.6 Å². The summed E-state index contributed by atoms with van der Waals surface area (Å²) in [7, 11) is 0. The highest BCUT2D eigenvalue weighted by molar-refractivity contribution is 5.96. The van der Waals surface area contributed by atoms with Crippen molar-refractivity contribution in [2.24, 2.45) is 11.1 Å². The molecule has 1 amide bonds. The van der Waals surface area contributed by atoms with Crippen LogP contribution in [0.5, 0.6) is 0 Å². The molecule has 3 N–H and O–H groups in total. The van der Waals surface area contributed by atoms with Gasteiger partial charge in [-0.25, -0.2) is 4.39 Å². The predicted molar refractivity (Wildman–Crippen MR) is 65.1 cm³/mol. The molecule has 3 nitrogen and oxygen atoms in total. The molecule has 1 fully saturated rings. The van der Waals surface area contributed by atoms with Crippen molar-refractivity contribution in [2.45, 2.75) is 26.2 Å². The molecule has 2 rings (SSSR count). The summed E-state index contributed by atoms with van der Waals surface area (Å²) >= 11 is 0. The standard InChI is InChI=1S/C13H17FN2O/c1-9-4-2-5-10(11(9)14)16-12(17)13(8-15)6-3-7-13/h2,4-5H,3,6-8,15H2,1H3,(H,16,17). The van der Waals surface area contributed by atoms with Crippen LogP contribution in [0.15, 0.2) is 18.2 Å². The number of amides is 1. The second-order valence-corrected chi connectivity index (χ2v) is 4.73. The minimum absolute atomic E-state index is 0.157. The number of carbonyl (C=O) groups is 1. The van der Waals surface area contributed by atoms with Crippen LogP contribution in [0.3, 0.4) is 0 Å². The molecule has 0 saturated heterocycles. The van der Waals surface area contributed by atoms with E-state index in [-0.39, 0.29) is 17.4 Å². The molecule has 1 aromatic rings. The van der Waals surface area contributed by atoms with E-state index < -0.39 is 5.41 Å². The number of aryl methyl sites for hydroxylation is 1. The van der Waals surface area contributed by atoms with E-state index in [1.807, 2.05) is 0 Å². The summed E-state index contributed by atoms with van der Waals surface area (Å²) in [5.41, 5.74) is 5.93. The van der Waals surface area contributed by atoms with Gasteiger partial charge in [0.15, 0.2) is 0 Å². The highest BCUT2D eigenvalue weighted by Crippen LogP contribution is 2.41. The van der Waals surface area contributed by atoms with Crippen molar-refractivity contribution in [1.82, 2.24) is 0 Å². The van der Waals surface area contributed by atoms with E-state index in [2.05, 4.69) is 5.32 Å². The molecule has 1 aliphatic carbocycles. The van der Waals surface area contributed by atoms with E-state index >= 15 is 0 Å². The Morgan fingerprint density at radius 3 is 2.76 bits per heavy atom. The van der Waals surface area contributed by atoms with E-state index in [4.69, 9.17) is 5.73 Å². The van der Waals surface area contributed by atoms with Crippen molar-refractivity contribution >= 4 is 11.6 Å². The SMILES string of the molecule is Cc1cccc(NC(=O)C2(CN)CCC2)c1F. The number of rotatable bonds is 3. The number of carbonyl (C=O) groups excluding carboxylic acids is 1. The lowest BCUT2D eigenvalue weighted by molar-refractivity contribution is -0.129. The molecule has 92 valence electrons. The van der Waals surface area contributed by atoms with Gasteiger partial charge in [-0.2, -0.15) is 0 Å². The number of benzene rings is 1. The molecule has 4 heteroatoms. The van der Waals surface area contributed by atoms with Gasteiger partial charge in [0, 0.05) is 6.54 Å². The third-order valence-electron chi connectivity index (χ3n) is 3.62. The molecule has 0 spiro atoms. The Labute approximate surface area is 100 Å². The first-order valence-corrected chi connectivity index (χ1v) is 5.86. The molecule has 1 aromatic carbocycles. The highest BCUT2D eigenvalue weighted by Gasteiger charge is 2.42. The average molecular weight is 236 g/mol. The maximum Gasteiger partial charge on any atom is 0.231 e. The summed E-state index contributed by atoms with van der Waals surface area (Å²) in [5, 5.41) is 2.65. The van der Waals surface area contributed by atoms with Crippen molar-refractivity contribution < 1.29 is 9.18 Å². The summed E-state index contributed by atoms with van der Waals surface area (Å²) in [6.07, 6.45) is 2.60. The van der Waals surface area contributed by atoms with Crippen molar-refractivity contribution in [3.05, 3.63) is 29.6 Å². The number of halogens is 1. The molecule has 17 heavy (non-hydrogen) atoms. The Morgan fingerprint density at radius 1 is 1.53 bits per heavy atom. The van der Waals surface area contributed by atoms with Gasteiger partial charge in [0.05, 0.1) is 11.1 Å². The van der Waals surface area contributed by atoms with Gasteiger partial charge < -0.3 is 11.1 Å². The highest BCUT2D eigenvalue weighted by atomic mass is 19.1. The summed E-state index contributed by atoms with van der Waals surface area (Å²) < 4.78 is 13.7. The fraction of sp³-hybridized carbons (Fsp3) is 0.462. The Kier molecular flexibility index (Phi) is 3.15. The summed E-state index contributed by atoms with van der Waals surface area (Å²) in [4.78, 5) is 12.1. The molecule has 0 atom stereocenters. The first-order chi connectivity index (χ1) is 8.09. The summed E-state index contributed by atoms with van der Waals surface area (Å²) in [6, 6.07) is 4.97. The van der Waals surface area contributed by atoms with E-state index in [0.29, 0.717) is 12.1 Å². The van der Waals surface area contributed by atoms with Crippen LogP contribution in [0.1, 0.15) is 24.8 Å². The molecule has 0 bridgehead atoms. The number of hydrogen-bond acceptors (Lipinski definition) is 2. The lowest BCUT2D eigenvalue weighted by atomic mass is 9.68. The second kappa shape index (κ2) is 4.45. The van der Waals surface area contributed by atoms with Crippen LogP contribution in [0.2, 0.25) is 0 Å². The summed E-state index contributed by atoms with van der Waals surface area (Å²) in [6.45, 7) is 2.00. The number of anilines is 1. The topological polar surface area (TPSA) is 55.1 Å². The summed E-state index contributed by atoms with van der Waals surface area (Å²) in [5.74, 6) is -0.525. The first-order valence-electron chi connectivity index (χ1n) is 5.86. The van der Waals surface area contributed by atoms with E-state index in [9.17, 15) is 9.18 Å². The molecule has 0 aromatic heterocycles. The van der Waals surface area contributed by atoms with Crippen molar-refractivity contribution in [2.75, 3.05) is 11.9 Å². The Bertz CT molecular complexity index is 436. The van der Waals surface area contributed by atoms with Crippen LogP contribution < -0.4 is 11.1 Å². The minimum atomic E-state index is -0.476. The van der Waals surface area contributed by atoms with E-state index in [0.717, 1.165) is 19.3 Å². The van der Waals surface area contributed by atoms with Crippen LogP contribution in [0, 0.1) is 18.2 Å². The maximum absolute atomic E-state index is 13.7. The molecule has 0 aliphatic heterocycles. The zero-order chi connectivity index (χ0) is 12.5. The van der Waals surface area contributed by atoms with Gasteiger partial charge in [-0.15, -0.1) is 0 Å². The fourth-order valence-corrected chi connectivity index (χ4v) is 2.13. The Morgan fingerprint density at radius 2 is 2.24 bits per heavy atom. The van der Waals surface area contributed by atoms with Gasteiger partial charge in [0.25, 0.3) is 0 Å². The largest absolute Gasteiger partial charge is 0.329 e. The van der Waals surface area contributed by atoms with Crippen molar-refractivity contribution in [1.29, 1.82) is 0 Å². The van der Waals surface area contributed by atoms with Gasteiger partial charge in [0.1, 0.15) is 5.82 Å². The van der Waals surface area contributed by atoms with Crippen LogP contribution in [0.25, 0.3) is 0 Å². The Hall–Kier alpha value is -1.42. The molecule has 0 radical (unpaired) electrons. The van der Waals surface area contributed by atoms with Gasteiger partial charge in [0.2, 0.25) is 5.91 Å². The van der Waals surface area contributed by atoms with Gasteiger partial charge >= 0.3 is 0 Å². The fourth-order valence-electron chi connectivity index (χ4n) is 2.13. The zero-order valence-corrected chi connectivity index (χ0v) is 9.92. The van der Waals surface area contributed by atoms with E-state index in [1.54, 1.807) is 25.1 Å². The van der Waals surface area contributed by atoms with Crippen LogP contribution >= 0.6 is 0 Å². The third-order valence-corrected chi connectivity index (χ3v) is 3.62. The quantitative estimate of drug-likeness (QED) is 0.845.